The third-order valence-corrected chi connectivity index (χ3v) is 2.74. The van der Waals surface area contributed by atoms with E-state index in [0.717, 1.165) is 0 Å². The second-order valence-electron chi connectivity index (χ2n) is 4.89. The number of hydrogen-bond donors (Lipinski definition) is 2. The zero-order valence-electron chi connectivity index (χ0n) is 13.8. The maximum absolute atomic E-state index is 10.8. The van der Waals surface area contributed by atoms with E-state index in [1.165, 1.54) is 6.07 Å². The number of ether oxygens (including phenoxy) is 4. The second-order valence-corrected chi connectivity index (χ2v) is 4.89. The molecule has 2 unspecified atom stereocenters. The van der Waals surface area contributed by atoms with Crippen molar-refractivity contribution < 1.29 is 38.7 Å². The van der Waals surface area contributed by atoms with Gasteiger partial charge in [-0.15, -0.1) is 12.8 Å². The van der Waals surface area contributed by atoms with E-state index >= 15 is 0 Å². The van der Waals surface area contributed by atoms with Gasteiger partial charge in [0.1, 0.15) is 50.1 Å². The Morgan fingerprint density at radius 1 is 0.885 bits per heavy atom. The second kappa shape index (κ2) is 11.4. The van der Waals surface area contributed by atoms with Gasteiger partial charge in [0, 0.05) is 17.9 Å². The van der Waals surface area contributed by atoms with E-state index in [9.17, 15) is 19.8 Å². The highest BCUT2D eigenvalue weighted by molar-refractivity contribution is 5.87. The van der Waals surface area contributed by atoms with Gasteiger partial charge in [-0.3, -0.25) is 0 Å². The predicted octanol–water partition coefficient (Wildman–Crippen LogP) is -0.481. The molecule has 0 radical (unpaired) electrons. The molecule has 0 bridgehead atoms. The fourth-order valence-corrected chi connectivity index (χ4v) is 1.56. The molecule has 2 atom stereocenters. The summed E-state index contributed by atoms with van der Waals surface area (Å²) in [6.45, 7) is -0.846. The third kappa shape index (κ3) is 8.60. The van der Waals surface area contributed by atoms with Gasteiger partial charge in [0.15, 0.2) is 0 Å². The minimum Gasteiger partial charge on any atom is -0.491 e. The van der Waals surface area contributed by atoms with Crippen LogP contribution in [0.25, 0.3) is 0 Å². The Hall–Kier alpha value is -3.20. The van der Waals surface area contributed by atoms with E-state index < -0.39 is 24.1 Å². The van der Waals surface area contributed by atoms with E-state index in [1.54, 1.807) is 30.0 Å². The summed E-state index contributed by atoms with van der Waals surface area (Å²) in [6.07, 6.45) is 7.55. The van der Waals surface area contributed by atoms with Crippen LogP contribution in [0, 0.1) is 24.7 Å². The average molecular weight is 362 g/mol. The molecule has 0 spiro atoms. The Morgan fingerprint density at radius 3 is 1.69 bits per heavy atom. The number of carbonyl (C=O) groups excluding carboxylic acids is 2. The van der Waals surface area contributed by atoms with Crippen molar-refractivity contribution >= 4 is 11.9 Å². The lowest BCUT2D eigenvalue weighted by Gasteiger charge is -2.14. The van der Waals surface area contributed by atoms with Crippen molar-refractivity contribution in [2.24, 2.45) is 0 Å². The average Bonchev–Trinajstić information content (AvgIpc) is 2.67. The minimum atomic E-state index is -1.05. The van der Waals surface area contributed by atoms with Gasteiger partial charge in [0.2, 0.25) is 0 Å². The summed E-state index contributed by atoms with van der Waals surface area (Å²) < 4.78 is 19.8. The van der Waals surface area contributed by atoms with E-state index in [-0.39, 0.29) is 26.4 Å². The van der Waals surface area contributed by atoms with E-state index in [4.69, 9.17) is 22.3 Å². The number of esters is 2. The lowest BCUT2D eigenvalue weighted by molar-refractivity contribution is -0.140. The number of aliphatic hydroxyl groups excluding tert-OH is 2. The summed E-state index contributed by atoms with van der Waals surface area (Å²) in [5.74, 6) is 2.55. The van der Waals surface area contributed by atoms with Crippen LogP contribution in [-0.4, -0.2) is 60.8 Å². The molecule has 0 saturated heterocycles. The molecule has 0 fully saturated rings. The molecule has 26 heavy (non-hydrogen) atoms. The van der Waals surface area contributed by atoms with Gasteiger partial charge in [-0.05, 0) is 12.1 Å². The van der Waals surface area contributed by atoms with Crippen molar-refractivity contribution in [1.82, 2.24) is 0 Å². The van der Waals surface area contributed by atoms with E-state index in [2.05, 4.69) is 9.47 Å². The molecule has 1 aromatic rings. The molecule has 8 nitrogen and oxygen atoms in total. The molecule has 138 valence electrons. The quantitative estimate of drug-likeness (QED) is 0.326. The van der Waals surface area contributed by atoms with Crippen LogP contribution in [0.4, 0.5) is 0 Å². The molecule has 0 aromatic heterocycles. The van der Waals surface area contributed by atoms with Gasteiger partial charge in [0.05, 0.1) is 0 Å². The topological polar surface area (TPSA) is 112 Å². The van der Waals surface area contributed by atoms with Gasteiger partial charge in [-0.25, -0.2) is 9.59 Å². The fourth-order valence-electron chi connectivity index (χ4n) is 1.56. The SMILES string of the molecule is C#CC(=O)OCC(O)COc1cccc(OCC(O)COC(=O)C#C)c1. The van der Waals surface area contributed by atoms with E-state index in [0.29, 0.717) is 11.5 Å². The largest absolute Gasteiger partial charge is 0.491 e. The first-order valence-corrected chi connectivity index (χ1v) is 7.43. The number of rotatable bonds is 10. The first kappa shape index (κ1) is 20.8. The van der Waals surface area contributed by atoms with Crippen LogP contribution in [0.2, 0.25) is 0 Å². The molecule has 0 aliphatic heterocycles. The fraction of sp³-hybridized carbons (Fsp3) is 0.333. The molecule has 0 saturated carbocycles. The van der Waals surface area contributed by atoms with Crippen LogP contribution in [0.15, 0.2) is 24.3 Å². The van der Waals surface area contributed by atoms with Gasteiger partial charge >= 0.3 is 11.9 Å². The van der Waals surface area contributed by atoms with Crippen molar-refractivity contribution in [1.29, 1.82) is 0 Å². The van der Waals surface area contributed by atoms with Crippen LogP contribution in [0.1, 0.15) is 0 Å². The lowest BCUT2D eigenvalue weighted by Crippen LogP contribution is -2.25. The summed E-state index contributed by atoms with van der Waals surface area (Å²) in [5.41, 5.74) is 0. The highest BCUT2D eigenvalue weighted by Gasteiger charge is 2.10. The zero-order valence-corrected chi connectivity index (χ0v) is 13.8. The summed E-state index contributed by atoms with van der Waals surface area (Å²) in [5, 5.41) is 19.3. The molecular formula is C18H18O8. The Kier molecular flexibility index (Phi) is 9.12. The number of hydrogen-bond acceptors (Lipinski definition) is 8. The Balaban J connectivity index is 2.38. The number of benzene rings is 1. The van der Waals surface area contributed by atoms with Crippen molar-refractivity contribution in [2.75, 3.05) is 26.4 Å². The van der Waals surface area contributed by atoms with Gasteiger partial charge in [0.25, 0.3) is 0 Å². The molecule has 0 heterocycles. The Labute approximate surface area is 150 Å². The summed E-state index contributed by atoms with van der Waals surface area (Å²) >= 11 is 0. The predicted molar refractivity (Wildman–Crippen MR) is 89.0 cm³/mol. The van der Waals surface area contributed by atoms with Gasteiger partial charge in [-0.2, -0.15) is 0 Å². The molecule has 1 aromatic carbocycles. The molecule has 2 N–H and O–H groups in total. The molecule has 0 aliphatic rings. The van der Waals surface area contributed by atoms with Crippen molar-refractivity contribution in [3.63, 3.8) is 0 Å². The summed E-state index contributed by atoms with van der Waals surface area (Å²) in [4.78, 5) is 21.6. The van der Waals surface area contributed by atoms with Crippen LogP contribution in [0.3, 0.4) is 0 Å². The highest BCUT2D eigenvalue weighted by atomic mass is 16.6. The summed E-state index contributed by atoms with van der Waals surface area (Å²) in [7, 11) is 0. The van der Waals surface area contributed by atoms with Crippen molar-refractivity contribution in [2.45, 2.75) is 12.2 Å². The Bertz CT molecular complexity index is 630. The Morgan fingerprint density at radius 2 is 1.31 bits per heavy atom. The maximum Gasteiger partial charge on any atom is 0.384 e. The van der Waals surface area contributed by atoms with Crippen LogP contribution >= 0.6 is 0 Å². The van der Waals surface area contributed by atoms with Crippen LogP contribution in [0.5, 0.6) is 11.5 Å². The minimum absolute atomic E-state index is 0.133. The first-order chi connectivity index (χ1) is 12.4. The maximum atomic E-state index is 10.8. The summed E-state index contributed by atoms with van der Waals surface area (Å²) in [6, 6.07) is 6.41. The van der Waals surface area contributed by atoms with Gasteiger partial charge < -0.3 is 29.2 Å². The molecule has 0 amide bonds. The number of carbonyl (C=O) groups is 2. The van der Waals surface area contributed by atoms with Gasteiger partial charge in [-0.1, -0.05) is 6.07 Å². The third-order valence-electron chi connectivity index (χ3n) is 2.74. The van der Waals surface area contributed by atoms with Crippen molar-refractivity contribution in [3.05, 3.63) is 24.3 Å². The lowest BCUT2D eigenvalue weighted by atomic mass is 10.3. The van der Waals surface area contributed by atoms with Crippen molar-refractivity contribution in [3.8, 4) is 36.2 Å². The zero-order chi connectivity index (χ0) is 19.4. The normalized spacial score (nSPS) is 12.0. The molecule has 1 rings (SSSR count). The van der Waals surface area contributed by atoms with Crippen LogP contribution < -0.4 is 9.47 Å². The highest BCUT2D eigenvalue weighted by Crippen LogP contribution is 2.19. The number of aliphatic hydroxyl groups is 2. The smallest absolute Gasteiger partial charge is 0.384 e. The molecule has 8 heteroatoms. The number of terminal acetylenes is 2. The monoisotopic (exact) mass is 362 g/mol. The van der Waals surface area contributed by atoms with Crippen LogP contribution in [-0.2, 0) is 19.1 Å². The standard InChI is InChI=1S/C18H18O8/c1-3-17(21)25-11-13(19)9-23-15-6-5-7-16(8-15)24-10-14(20)12-26-18(22)4-2/h1-2,5-8,13-14,19-20H,9-12H2. The molecular weight excluding hydrogens is 344 g/mol. The first-order valence-electron chi connectivity index (χ1n) is 7.43. The van der Waals surface area contributed by atoms with E-state index in [1.807, 2.05) is 0 Å². The molecule has 0 aliphatic carbocycles.